The first kappa shape index (κ1) is 13.9. The molecule has 8 heteroatoms. The van der Waals surface area contributed by atoms with Crippen molar-refractivity contribution in [3.8, 4) is 0 Å². The van der Waals surface area contributed by atoms with E-state index in [2.05, 4.69) is 4.98 Å². The van der Waals surface area contributed by atoms with Crippen LogP contribution in [-0.4, -0.2) is 35.3 Å². The van der Waals surface area contributed by atoms with Crippen LogP contribution < -0.4 is 0 Å². The summed E-state index contributed by atoms with van der Waals surface area (Å²) in [6.45, 7) is 0.384. The van der Waals surface area contributed by atoms with Crippen molar-refractivity contribution in [2.24, 2.45) is 0 Å². The molecule has 1 aliphatic heterocycles. The maximum absolute atomic E-state index is 12.6. The van der Waals surface area contributed by atoms with E-state index in [0.717, 1.165) is 18.2 Å². The van der Waals surface area contributed by atoms with Crippen molar-refractivity contribution < 1.29 is 22.7 Å². The van der Waals surface area contributed by atoms with E-state index >= 15 is 0 Å². The van der Waals surface area contributed by atoms with E-state index in [0.29, 0.717) is 13.0 Å². The zero-order valence-electron chi connectivity index (χ0n) is 11.0. The number of hydrogen-bond acceptors (Lipinski definition) is 4. The van der Waals surface area contributed by atoms with Gasteiger partial charge in [0.25, 0.3) is 10.0 Å². The Labute approximate surface area is 121 Å². The first-order chi connectivity index (χ1) is 10.00. The highest BCUT2D eigenvalue weighted by molar-refractivity contribution is 7.89. The summed E-state index contributed by atoms with van der Waals surface area (Å²) in [4.78, 5) is 13.8. The fourth-order valence-electron chi connectivity index (χ4n) is 2.58. The van der Waals surface area contributed by atoms with Crippen LogP contribution in [0, 0.1) is 0 Å². The predicted octanol–water partition coefficient (Wildman–Crippen LogP) is 1.83. The number of H-pyrrole nitrogens is 1. The summed E-state index contributed by atoms with van der Waals surface area (Å²) in [5.74, 6) is -1.68. The third kappa shape index (κ3) is 2.36. The molecule has 3 rings (SSSR count). The number of carboxylic acid groups (broad SMARTS) is 1. The molecule has 2 aromatic rings. The summed E-state index contributed by atoms with van der Waals surface area (Å²) >= 11 is 0. The molecule has 0 aliphatic carbocycles. The van der Waals surface area contributed by atoms with Gasteiger partial charge in [-0.1, -0.05) is 0 Å². The largest absolute Gasteiger partial charge is 0.475 e. The number of aromatic amines is 1. The number of nitrogens with zero attached hydrogens (tertiary/aromatic N) is 1. The van der Waals surface area contributed by atoms with Gasteiger partial charge in [0.1, 0.15) is 0 Å². The molecule has 0 spiro atoms. The van der Waals surface area contributed by atoms with E-state index in [4.69, 9.17) is 9.52 Å². The maximum atomic E-state index is 12.6. The molecule has 1 atom stereocenters. The van der Waals surface area contributed by atoms with Gasteiger partial charge >= 0.3 is 5.97 Å². The number of carboxylic acids is 1. The number of aromatic carboxylic acids is 1. The van der Waals surface area contributed by atoms with E-state index in [9.17, 15) is 13.2 Å². The average molecular weight is 310 g/mol. The minimum absolute atomic E-state index is 0.275. The molecule has 7 nitrogen and oxygen atoms in total. The first-order valence-electron chi connectivity index (χ1n) is 6.48. The third-order valence-corrected chi connectivity index (χ3v) is 5.32. The van der Waals surface area contributed by atoms with Gasteiger partial charge < -0.3 is 14.5 Å². The van der Waals surface area contributed by atoms with E-state index in [1.54, 1.807) is 6.20 Å². The molecule has 1 saturated heterocycles. The van der Waals surface area contributed by atoms with Crippen molar-refractivity contribution in [3.05, 3.63) is 41.9 Å². The summed E-state index contributed by atoms with van der Waals surface area (Å²) in [6, 6.07) is 5.71. The second-order valence-corrected chi connectivity index (χ2v) is 6.64. The first-order valence-corrected chi connectivity index (χ1v) is 7.92. The van der Waals surface area contributed by atoms with Crippen molar-refractivity contribution in [2.75, 3.05) is 6.54 Å². The van der Waals surface area contributed by atoms with Crippen LogP contribution in [0.5, 0.6) is 0 Å². The maximum Gasteiger partial charge on any atom is 0.371 e. The van der Waals surface area contributed by atoms with E-state index < -0.39 is 16.0 Å². The molecule has 2 aromatic heterocycles. The summed E-state index contributed by atoms with van der Waals surface area (Å²) < 4.78 is 31.5. The Morgan fingerprint density at radius 3 is 2.81 bits per heavy atom. The van der Waals surface area contributed by atoms with Crippen LogP contribution in [0.25, 0.3) is 0 Å². The SMILES string of the molecule is O=C(O)c1ccc(S(=O)(=O)N2CCCC2c2ccc[nH]2)o1. The predicted molar refractivity (Wildman–Crippen MR) is 72.3 cm³/mol. The van der Waals surface area contributed by atoms with Crippen LogP contribution in [0.3, 0.4) is 0 Å². The van der Waals surface area contributed by atoms with Crippen LogP contribution in [0.1, 0.15) is 35.1 Å². The zero-order valence-corrected chi connectivity index (χ0v) is 11.8. The van der Waals surface area contributed by atoms with Crippen molar-refractivity contribution in [1.29, 1.82) is 0 Å². The molecule has 21 heavy (non-hydrogen) atoms. The highest BCUT2D eigenvalue weighted by Gasteiger charge is 2.38. The second kappa shape index (κ2) is 5.05. The Hall–Kier alpha value is -2.06. The van der Waals surface area contributed by atoms with Crippen LogP contribution in [0.15, 0.2) is 40.0 Å². The topological polar surface area (TPSA) is 104 Å². The molecule has 0 aromatic carbocycles. The standard InChI is InChI=1S/C13H14N2O5S/c16-13(17)11-5-6-12(20-11)21(18,19)15-8-2-4-10(15)9-3-1-7-14-9/h1,3,5-7,10,14H,2,4,8H2,(H,16,17). The van der Waals surface area contributed by atoms with Gasteiger partial charge in [-0.3, -0.25) is 0 Å². The second-order valence-electron chi connectivity index (χ2n) is 4.82. The summed E-state index contributed by atoms with van der Waals surface area (Å²) in [7, 11) is -3.84. The van der Waals surface area contributed by atoms with E-state index in [1.165, 1.54) is 10.4 Å². The summed E-state index contributed by atoms with van der Waals surface area (Å²) in [5.41, 5.74) is 0.820. The van der Waals surface area contributed by atoms with Gasteiger partial charge in [0.15, 0.2) is 0 Å². The summed E-state index contributed by atoms with van der Waals surface area (Å²) in [5, 5.41) is 8.49. The Bertz CT molecular complexity index is 747. The molecule has 0 radical (unpaired) electrons. The quantitative estimate of drug-likeness (QED) is 0.896. The molecule has 112 valence electrons. The van der Waals surface area contributed by atoms with Crippen molar-refractivity contribution in [1.82, 2.24) is 9.29 Å². The smallest absolute Gasteiger partial charge is 0.371 e. The molecule has 0 saturated carbocycles. The highest BCUT2D eigenvalue weighted by Crippen LogP contribution is 2.36. The Kier molecular flexibility index (Phi) is 3.34. The van der Waals surface area contributed by atoms with Gasteiger partial charge in [-0.15, -0.1) is 0 Å². The minimum atomic E-state index is -3.84. The lowest BCUT2D eigenvalue weighted by Gasteiger charge is -2.21. The van der Waals surface area contributed by atoms with Crippen LogP contribution in [0.2, 0.25) is 0 Å². The average Bonchev–Trinajstić information content (AvgIpc) is 3.19. The number of rotatable bonds is 4. The number of hydrogen-bond donors (Lipinski definition) is 2. The highest BCUT2D eigenvalue weighted by atomic mass is 32.2. The van der Waals surface area contributed by atoms with Gasteiger partial charge in [-0.2, -0.15) is 4.31 Å². The molecule has 1 fully saturated rings. The van der Waals surface area contributed by atoms with Crippen molar-refractivity contribution in [2.45, 2.75) is 24.0 Å². The molecule has 1 unspecified atom stereocenters. The number of sulfonamides is 1. The lowest BCUT2D eigenvalue weighted by atomic mass is 10.2. The summed E-state index contributed by atoms with van der Waals surface area (Å²) in [6.07, 6.45) is 3.20. The number of carbonyl (C=O) groups is 1. The van der Waals surface area contributed by atoms with Gasteiger partial charge in [-0.05, 0) is 37.1 Å². The van der Waals surface area contributed by atoms with Crippen LogP contribution in [-0.2, 0) is 10.0 Å². The molecular formula is C13H14N2O5S. The lowest BCUT2D eigenvalue weighted by molar-refractivity contribution is 0.0656. The van der Waals surface area contributed by atoms with Crippen LogP contribution >= 0.6 is 0 Å². The number of nitrogens with one attached hydrogen (secondary N) is 1. The third-order valence-electron chi connectivity index (χ3n) is 3.54. The Morgan fingerprint density at radius 1 is 1.38 bits per heavy atom. The number of aromatic nitrogens is 1. The number of furan rings is 1. The molecule has 0 amide bonds. The van der Waals surface area contributed by atoms with Crippen molar-refractivity contribution in [3.63, 3.8) is 0 Å². The zero-order chi connectivity index (χ0) is 15.0. The van der Waals surface area contributed by atoms with Gasteiger partial charge in [0.2, 0.25) is 10.9 Å². The minimum Gasteiger partial charge on any atom is -0.475 e. The monoisotopic (exact) mass is 310 g/mol. The van der Waals surface area contributed by atoms with E-state index in [1.807, 2.05) is 12.1 Å². The fraction of sp³-hybridized carbons (Fsp3) is 0.308. The van der Waals surface area contributed by atoms with E-state index in [-0.39, 0.29) is 16.9 Å². The Balaban J connectivity index is 1.95. The van der Waals surface area contributed by atoms with Gasteiger partial charge in [0.05, 0.1) is 6.04 Å². The molecule has 3 heterocycles. The van der Waals surface area contributed by atoms with Crippen LogP contribution in [0.4, 0.5) is 0 Å². The molecular weight excluding hydrogens is 296 g/mol. The lowest BCUT2D eigenvalue weighted by Crippen LogP contribution is -2.30. The fourth-order valence-corrected chi connectivity index (χ4v) is 4.17. The van der Waals surface area contributed by atoms with Crippen molar-refractivity contribution >= 4 is 16.0 Å². The normalized spacial score (nSPS) is 19.9. The van der Waals surface area contributed by atoms with Gasteiger partial charge in [-0.25, -0.2) is 13.2 Å². The Morgan fingerprint density at radius 2 is 2.19 bits per heavy atom. The van der Waals surface area contributed by atoms with Gasteiger partial charge in [0, 0.05) is 18.4 Å². The molecule has 0 bridgehead atoms. The molecule has 2 N–H and O–H groups in total. The molecule has 1 aliphatic rings.